The minimum absolute atomic E-state index is 0.824. The van der Waals surface area contributed by atoms with Gasteiger partial charge in [0.2, 0.25) is 0 Å². The topological polar surface area (TPSA) is 115 Å². The molecular weight excluding hydrogens is 321 g/mol. The van der Waals surface area contributed by atoms with E-state index in [-0.39, 0.29) is 0 Å². The van der Waals surface area contributed by atoms with Crippen LogP contribution in [0.5, 0.6) is 0 Å². The molecule has 0 unspecified atom stereocenters. The number of hydrogen-bond donors (Lipinski definition) is 4. The van der Waals surface area contributed by atoms with E-state index in [0.717, 1.165) is 0 Å². The van der Waals surface area contributed by atoms with Crippen LogP contribution >= 0.6 is 0 Å². The molecule has 0 aromatic heterocycles. The van der Waals surface area contributed by atoms with E-state index in [9.17, 15) is 9.59 Å². The Hall–Kier alpha value is -1.76. The van der Waals surface area contributed by atoms with Crippen molar-refractivity contribution < 1.29 is 51.1 Å². The van der Waals surface area contributed by atoms with Gasteiger partial charge in [-0.2, -0.15) is 0 Å². The van der Waals surface area contributed by atoms with E-state index >= 15 is 0 Å². The third-order valence-corrected chi connectivity index (χ3v) is 2.06. The summed E-state index contributed by atoms with van der Waals surface area (Å²) in [6.45, 7) is 5.42. The summed E-state index contributed by atoms with van der Waals surface area (Å²) < 4.78 is 1.52. The zero-order valence-corrected chi connectivity index (χ0v) is 11.6. The summed E-state index contributed by atoms with van der Waals surface area (Å²) in [4.78, 5) is 18.7. The van der Waals surface area contributed by atoms with E-state index in [2.05, 4.69) is 31.4 Å². The maximum absolute atomic E-state index is 9.35. The standard InChI is InChI=1S/C5H5.2C3H4O3.Nb/c1-2-4-5-3-1;2*1-2(4)3(5)6;/h1-3H,4H2;2*4H,1H2,(H,5,6);. The first-order valence-electron chi connectivity index (χ1n) is 4.45. The Balaban J connectivity index is 0. The number of aliphatic hydroxyl groups is 2. The fraction of sp³-hybridized carbons (Fsp3) is 0.0909. The SMILES string of the molecule is C=C(O)C(=O)O.C=C(O)C(=O)O.[Nb][C]1=CC=CC1. The van der Waals surface area contributed by atoms with Gasteiger partial charge in [-0.15, -0.1) is 0 Å². The van der Waals surface area contributed by atoms with Gasteiger partial charge >= 0.3 is 61.4 Å². The van der Waals surface area contributed by atoms with Crippen molar-refractivity contribution in [1.82, 2.24) is 0 Å². The fourth-order valence-electron chi connectivity index (χ4n) is 0.436. The number of aliphatic hydroxyl groups excluding tert-OH is 2. The summed E-state index contributed by atoms with van der Waals surface area (Å²) in [6, 6.07) is 0. The first kappa shape index (κ1) is 18.6. The molecule has 1 aliphatic rings. The second-order valence-corrected chi connectivity index (χ2v) is 4.21. The van der Waals surface area contributed by atoms with Crippen molar-refractivity contribution in [2.75, 3.05) is 0 Å². The van der Waals surface area contributed by atoms with Crippen LogP contribution in [-0.2, 0) is 30.7 Å². The van der Waals surface area contributed by atoms with Gasteiger partial charge in [0.1, 0.15) is 0 Å². The molecule has 0 saturated heterocycles. The Labute approximate surface area is 116 Å². The van der Waals surface area contributed by atoms with Gasteiger partial charge in [-0.05, 0) is 13.2 Å². The monoisotopic (exact) mass is 334 g/mol. The molecule has 0 aromatic carbocycles. The molecular formula is C11H13NbO6. The molecule has 98 valence electrons. The fourth-order valence-corrected chi connectivity index (χ4v) is 0.907. The molecule has 0 aliphatic heterocycles. The second kappa shape index (κ2) is 10.4. The molecule has 4 N–H and O–H groups in total. The normalized spacial score (nSPS) is 11.0. The molecule has 0 fully saturated rings. The third-order valence-electron chi connectivity index (χ3n) is 1.25. The molecule has 6 nitrogen and oxygen atoms in total. The number of rotatable bonds is 2. The number of allylic oxidation sites excluding steroid dienone is 4. The van der Waals surface area contributed by atoms with Crippen LogP contribution in [0.1, 0.15) is 6.42 Å². The summed E-state index contributed by atoms with van der Waals surface area (Å²) >= 11 is 1.82. The number of carbonyl (C=O) groups is 2. The van der Waals surface area contributed by atoms with Gasteiger partial charge in [0.15, 0.2) is 11.5 Å². The van der Waals surface area contributed by atoms with Crippen LogP contribution in [0.25, 0.3) is 0 Å². The van der Waals surface area contributed by atoms with Gasteiger partial charge < -0.3 is 20.4 Å². The van der Waals surface area contributed by atoms with Crippen molar-refractivity contribution in [3.8, 4) is 0 Å². The van der Waals surface area contributed by atoms with Crippen molar-refractivity contribution in [1.29, 1.82) is 0 Å². The number of hydrogen-bond acceptors (Lipinski definition) is 4. The summed E-state index contributed by atoms with van der Waals surface area (Å²) in [5.74, 6) is -4.41. The van der Waals surface area contributed by atoms with Gasteiger partial charge in [0.05, 0.1) is 0 Å². The van der Waals surface area contributed by atoms with E-state index in [1.165, 1.54) is 10.2 Å². The molecule has 0 atom stereocenters. The van der Waals surface area contributed by atoms with Crippen LogP contribution in [0, 0.1) is 0 Å². The molecule has 0 heterocycles. The minimum atomic E-state index is -1.38. The first-order chi connectivity index (χ1) is 8.18. The van der Waals surface area contributed by atoms with E-state index in [1.807, 2.05) is 21.1 Å². The Kier molecular flexibility index (Phi) is 10.7. The van der Waals surface area contributed by atoms with Gasteiger partial charge in [-0.3, -0.25) is 0 Å². The zero-order valence-electron chi connectivity index (χ0n) is 9.41. The predicted octanol–water partition coefficient (Wildman–Crippen LogP) is 1.66. The molecule has 7 heteroatoms. The van der Waals surface area contributed by atoms with Crippen molar-refractivity contribution >= 4 is 11.9 Å². The van der Waals surface area contributed by atoms with E-state index in [4.69, 9.17) is 20.4 Å². The van der Waals surface area contributed by atoms with Crippen molar-refractivity contribution in [2.24, 2.45) is 0 Å². The first-order valence-corrected chi connectivity index (χ1v) is 5.55. The number of carboxylic acid groups (broad SMARTS) is 2. The summed E-state index contributed by atoms with van der Waals surface area (Å²) in [6.07, 6.45) is 7.63. The van der Waals surface area contributed by atoms with Crippen LogP contribution in [0.4, 0.5) is 0 Å². The van der Waals surface area contributed by atoms with Crippen LogP contribution < -0.4 is 0 Å². The van der Waals surface area contributed by atoms with E-state index in [0.29, 0.717) is 0 Å². The van der Waals surface area contributed by atoms with Gasteiger partial charge in [-0.1, -0.05) is 0 Å². The molecule has 0 amide bonds. The van der Waals surface area contributed by atoms with Gasteiger partial charge in [0, 0.05) is 0 Å². The average Bonchev–Trinajstić information content (AvgIpc) is 2.70. The molecule has 18 heavy (non-hydrogen) atoms. The average molecular weight is 334 g/mol. The van der Waals surface area contributed by atoms with Crippen molar-refractivity contribution in [3.05, 3.63) is 46.7 Å². The molecule has 0 radical (unpaired) electrons. The van der Waals surface area contributed by atoms with Gasteiger partial charge in [-0.25, -0.2) is 9.59 Å². The zero-order chi connectivity index (χ0) is 14.7. The molecule has 0 bridgehead atoms. The Morgan fingerprint density at radius 2 is 1.39 bits per heavy atom. The van der Waals surface area contributed by atoms with Gasteiger partial charge in [0.25, 0.3) is 0 Å². The maximum atomic E-state index is 9.35. The van der Waals surface area contributed by atoms with Crippen LogP contribution in [0.3, 0.4) is 0 Å². The molecule has 0 aromatic rings. The molecule has 0 spiro atoms. The Morgan fingerprint density at radius 1 is 1.06 bits per heavy atom. The van der Waals surface area contributed by atoms with Crippen molar-refractivity contribution in [2.45, 2.75) is 6.42 Å². The van der Waals surface area contributed by atoms with Crippen LogP contribution in [0.2, 0.25) is 0 Å². The molecule has 1 aliphatic carbocycles. The number of carboxylic acids is 2. The van der Waals surface area contributed by atoms with Crippen LogP contribution in [0.15, 0.2) is 46.7 Å². The predicted molar refractivity (Wildman–Crippen MR) is 60.6 cm³/mol. The third kappa shape index (κ3) is 14.2. The summed E-state index contributed by atoms with van der Waals surface area (Å²) in [5.41, 5.74) is 0. The van der Waals surface area contributed by atoms with E-state index in [1.54, 1.807) is 0 Å². The summed E-state index contributed by atoms with van der Waals surface area (Å²) in [5, 5.41) is 31.0. The summed E-state index contributed by atoms with van der Waals surface area (Å²) in [7, 11) is 0. The van der Waals surface area contributed by atoms with E-state index < -0.39 is 23.5 Å². The quantitative estimate of drug-likeness (QED) is 0.347. The van der Waals surface area contributed by atoms with Crippen molar-refractivity contribution in [3.63, 3.8) is 0 Å². The number of aliphatic carboxylic acids is 2. The Morgan fingerprint density at radius 3 is 1.44 bits per heavy atom. The second-order valence-electron chi connectivity index (χ2n) is 2.79. The van der Waals surface area contributed by atoms with Crippen LogP contribution in [-0.4, -0.2) is 32.4 Å². The molecule has 0 saturated carbocycles. The Bertz CT molecular complexity index is 346. The molecule has 1 rings (SSSR count).